The van der Waals surface area contributed by atoms with Gasteiger partial charge in [-0.3, -0.25) is 0 Å². The summed E-state index contributed by atoms with van der Waals surface area (Å²) < 4.78 is 1.19. The third-order valence-corrected chi connectivity index (χ3v) is 5.12. The van der Waals surface area contributed by atoms with Gasteiger partial charge in [0, 0.05) is 0 Å². The number of likely N-dealkylation sites (tertiary alicyclic amines) is 1. The number of amides is 2. The summed E-state index contributed by atoms with van der Waals surface area (Å²) >= 11 is 1.59. The van der Waals surface area contributed by atoms with Crippen LogP contribution in [-0.4, -0.2) is 35.8 Å². The van der Waals surface area contributed by atoms with E-state index in [1.807, 2.05) is 24.3 Å². The average molecular weight is 516 g/mol. The molecule has 0 radical (unpaired) electrons. The van der Waals surface area contributed by atoms with Gasteiger partial charge in [-0.15, -0.1) is 0 Å². The van der Waals surface area contributed by atoms with Gasteiger partial charge in [0.15, 0.2) is 0 Å². The van der Waals surface area contributed by atoms with E-state index in [4.69, 9.17) is 5.26 Å². The molecule has 1 fully saturated rings. The van der Waals surface area contributed by atoms with Crippen LogP contribution in [-0.2, 0) is 4.79 Å². The van der Waals surface area contributed by atoms with Gasteiger partial charge in [-0.1, -0.05) is 0 Å². The SMILES string of the molecule is N#C[C@@H]1CCCN1C(=O)CNC(=O)c1cccc2cc([At])ccc12. The molecule has 2 aromatic rings. The molecule has 0 bridgehead atoms. The zero-order valence-corrected chi connectivity index (χ0v) is 15.9. The molecular formula is C18H16AtN3O2. The van der Waals surface area contributed by atoms with Crippen LogP contribution in [0.2, 0.25) is 0 Å². The molecule has 1 atom stereocenters. The summed E-state index contributed by atoms with van der Waals surface area (Å²) in [7, 11) is 0. The Hall–Kier alpha value is -1.99. The van der Waals surface area contributed by atoms with E-state index >= 15 is 0 Å². The first-order valence-corrected chi connectivity index (χ1v) is 9.22. The van der Waals surface area contributed by atoms with E-state index in [0.29, 0.717) is 18.5 Å². The van der Waals surface area contributed by atoms with Gasteiger partial charge in [-0.25, -0.2) is 0 Å². The zero-order chi connectivity index (χ0) is 17.1. The maximum atomic E-state index is 12.5. The van der Waals surface area contributed by atoms with Gasteiger partial charge >= 0.3 is 150 Å². The number of nitrogens with zero attached hydrogens (tertiary/aromatic N) is 2. The second-order valence-corrected chi connectivity index (χ2v) is 7.42. The quantitative estimate of drug-likeness (QED) is 0.668. The third-order valence-electron chi connectivity index (χ3n) is 4.21. The fraction of sp³-hybridized carbons (Fsp3) is 0.278. The number of nitriles is 1. The van der Waals surface area contributed by atoms with Gasteiger partial charge in [-0.05, 0) is 0 Å². The summed E-state index contributed by atoms with van der Waals surface area (Å²) in [6, 6.07) is 13.3. The second-order valence-electron chi connectivity index (χ2n) is 5.73. The molecule has 24 heavy (non-hydrogen) atoms. The number of benzene rings is 2. The first kappa shape index (κ1) is 16.9. The van der Waals surface area contributed by atoms with Gasteiger partial charge < -0.3 is 0 Å². The second kappa shape index (κ2) is 7.27. The molecule has 6 heteroatoms. The van der Waals surface area contributed by atoms with Gasteiger partial charge in [0.25, 0.3) is 0 Å². The van der Waals surface area contributed by atoms with E-state index in [9.17, 15) is 9.59 Å². The molecule has 2 amide bonds. The molecule has 0 aliphatic carbocycles. The Morgan fingerprint density at radius 1 is 1.33 bits per heavy atom. The van der Waals surface area contributed by atoms with E-state index < -0.39 is 0 Å². The molecule has 0 spiro atoms. The van der Waals surface area contributed by atoms with E-state index in [0.717, 1.165) is 17.2 Å². The molecule has 0 unspecified atom stereocenters. The number of fused-ring (bicyclic) bond motifs is 1. The van der Waals surface area contributed by atoms with E-state index in [1.165, 1.54) is 3.27 Å². The van der Waals surface area contributed by atoms with Crippen molar-refractivity contribution in [2.24, 2.45) is 0 Å². The first-order chi connectivity index (χ1) is 11.6. The predicted molar refractivity (Wildman–Crippen MR) is 86.3 cm³/mol. The summed E-state index contributed by atoms with van der Waals surface area (Å²) in [5.74, 6) is -0.471. The zero-order valence-electron chi connectivity index (χ0n) is 13.0. The Kier molecular flexibility index (Phi) is 5.11. The van der Waals surface area contributed by atoms with Crippen molar-refractivity contribution in [2.45, 2.75) is 18.9 Å². The number of rotatable bonds is 3. The number of hydrogen-bond donors (Lipinski definition) is 1. The van der Waals surface area contributed by atoms with Gasteiger partial charge in [-0.2, -0.15) is 5.26 Å². The molecular weight excluding hydrogens is 500 g/mol. The summed E-state index contributed by atoms with van der Waals surface area (Å²) in [5.41, 5.74) is 0.560. The molecule has 1 saturated heterocycles. The molecule has 5 nitrogen and oxygen atoms in total. The Morgan fingerprint density at radius 3 is 2.96 bits per heavy atom. The number of hydrogen-bond acceptors (Lipinski definition) is 3. The molecule has 122 valence electrons. The number of carbonyl (C=O) groups is 2. The summed E-state index contributed by atoms with van der Waals surface area (Å²) in [6.07, 6.45) is 1.54. The van der Waals surface area contributed by atoms with Crippen LogP contribution in [0.25, 0.3) is 10.8 Å². The summed E-state index contributed by atoms with van der Waals surface area (Å²) in [4.78, 5) is 26.2. The van der Waals surface area contributed by atoms with Gasteiger partial charge in [0.05, 0.1) is 0 Å². The fourth-order valence-electron chi connectivity index (χ4n) is 3.00. The minimum atomic E-state index is -0.364. The van der Waals surface area contributed by atoms with Crippen molar-refractivity contribution in [1.29, 1.82) is 5.26 Å². The van der Waals surface area contributed by atoms with Crippen molar-refractivity contribution < 1.29 is 34.3 Å². The molecule has 2 aromatic carbocycles. The Balaban J connectivity index is 1.72. The van der Waals surface area contributed by atoms with E-state index in [2.05, 4.69) is 17.5 Å². The number of nitrogens with one attached hydrogen (secondary N) is 1. The van der Waals surface area contributed by atoms with Crippen molar-refractivity contribution in [3.05, 3.63) is 42.0 Å². The van der Waals surface area contributed by atoms with Gasteiger partial charge in [0.2, 0.25) is 0 Å². The molecule has 1 N–H and O–H groups in total. The van der Waals surface area contributed by atoms with Crippen molar-refractivity contribution in [3.63, 3.8) is 0 Å². The Labute approximate surface area is 155 Å². The molecule has 3 rings (SSSR count). The molecule has 1 aliphatic rings. The summed E-state index contributed by atoms with van der Waals surface area (Å²) in [6.45, 7) is 0.504. The average Bonchev–Trinajstić information content (AvgIpc) is 3.07. The van der Waals surface area contributed by atoms with Crippen molar-refractivity contribution in [2.75, 3.05) is 13.1 Å². The third kappa shape index (κ3) is 3.42. The predicted octanol–water partition coefficient (Wildman–Crippen LogP) is 1.26. The summed E-state index contributed by atoms with van der Waals surface area (Å²) in [5, 5.41) is 13.6. The minimum absolute atomic E-state index is 0.0813. The first-order valence-electron chi connectivity index (χ1n) is 7.75. The van der Waals surface area contributed by atoms with Crippen LogP contribution in [0.3, 0.4) is 0 Å². The number of carbonyl (C=O) groups excluding carboxylic acids is 2. The van der Waals surface area contributed by atoms with Crippen LogP contribution < -0.4 is 8.59 Å². The van der Waals surface area contributed by atoms with Crippen LogP contribution in [0.1, 0.15) is 23.2 Å². The van der Waals surface area contributed by atoms with E-state index in [1.54, 1.807) is 35.7 Å². The van der Waals surface area contributed by atoms with Crippen LogP contribution in [0.15, 0.2) is 36.4 Å². The van der Waals surface area contributed by atoms with E-state index in [-0.39, 0.29) is 24.4 Å². The van der Waals surface area contributed by atoms with Crippen LogP contribution in [0.5, 0.6) is 0 Å². The molecule has 0 saturated carbocycles. The van der Waals surface area contributed by atoms with Crippen LogP contribution in [0.4, 0.5) is 0 Å². The monoisotopic (exact) mass is 516 g/mol. The maximum absolute atomic E-state index is 12.5. The standard InChI is InChI=1S/C18H16AtN3O2/c19-13-6-7-15-12(9-13)3-1-5-16(15)18(24)21-11-17(23)22-8-2-4-14(22)10-20/h1,3,5-7,9,14H,2,4,8,11H2,(H,21,24)/t14-/m0/s1. The Bertz CT molecular complexity index is 844. The molecule has 1 aliphatic heterocycles. The van der Waals surface area contributed by atoms with Crippen molar-refractivity contribution in [1.82, 2.24) is 10.2 Å². The van der Waals surface area contributed by atoms with Gasteiger partial charge in [0.1, 0.15) is 0 Å². The van der Waals surface area contributed by atoms with Crippen molar-refractivity contribution in [3.8, 4) is 6.07 Å². The van der Waals surface area contributed by atoms with Crippen LogP contribution in [0, 0.1) is 36.1 Å². The molecule has 0 aromatic heterocycles. The van der Waals surface area contributed by atoms with Crippen LogP contribution >= 0.6 is 0 Å². The molecule has 1 heterocycles. The Morgan fingerprint density at radius 2 is 2.17 bits per heavy atom. The van der Waals surface area contributed by atoms with Crippen molar-refractivity contribution >= 4 is 25.9 Å². The normalized spacial score (nSPS) is 16.8. The topological polar surface area (TPSA) is 73.2 Å². The fourth-order valence-corrected chi connectivity index (χ4v) is 3.71.